The number of nitrogen functional groups attached to an aromatic ring is 1. The highest BCUT2D eigenvalue weighted by Crippen LogP contribution is 2.28. The summed E-state index contributed by atoms with van der Waals surface area (Å²) in [5, 5.41) is 3.06. The largest absolute Gasteiger partial charge is 0.381 e. The standard InChI is InChI=1S/C13H19ClN4O2/c14-10-4-5-11(18-15)17-12(10)13(19)16-6-1-7-20-8-9-2-3-9/h4-5,9H,1-3,6-8,15H2,(H,16,19)(H,17,18). The second-order valence-corrected chi connectivity index (χ2v) is 5.21. The fraction of sp³-hybridized carbons (Fsp3) is 0.538. The van der Waals surface area contributed by atoms with Crippen LogP contribution in [0.2, 0.25) is 5.02 Å². The number of nitrogens with one attached hydrogen (secondary N) is 2. The number of halogens is 1. The summed E-state index contributed by atoms with van der Waals surface area (Å²) >= 11 is 5.94. The lowest BCUT2D eigenvalue weighted by Crippen LogP contribution is -2.27. The number of anilines is 1. The average molecular weight is 299 g/mol. The van der Waals surface area contributed by atoms with Gasteiger partial charge >= 0.3 is 0 Å². The maximum Gasteiger partial charge on any atom is 0.271 e. The Kier molecular flexibility index (Phi) is 5.58. The van der Waals surface area contributed by atoms with Crippen LogP contribution in [0, 0.1) is 5.92 Å². The Balaban J connectivity index is 1.70. The SMILES string of the molecule is NNc1ccc(Cl)c(C(=O)NCCCOCC2CC2)n1. The van der Waals surface area contributed by atoms with E-state index in [4.69, 9.17) is 22.2 Å². The topological polar surface area (TPSA) is 89.3 Å². The number of nitrogens with zero attached hydrogens (tertiary/aromatic N) is 1. The van der Waals surface area contributed by atoms with E-state index < -0.39 is 0 Å². The summed E-state index contributed by atoms with van der Waals surface area (Å²) in [6.45, 7) is 2.02. The van der Waals surface area contributed by atoms with Crippen LogP contribution in [0.5, 0.6) is 0 Å². The third-order valence-corrected chi connectivity index (χ3v) is 3.32. The molecule has 0 aromatic carbocycles. The van der Waals surface area contributed by atoms with E-state index in [0.717, 1.165) is 18.9 Å². The van der Waals surface area contributed by atoms with Crippen LogP contribution in [-0.4, -0.2) is 30.6 Å². The molecule has 7 heteroatoms. The summed E-state index contributed by atoms with van der Waals surface area (Å²) in [7, 11) is 0. The van der Waals surface area contributed by atoms with Crippen molar-refractivity contribution in [1.82, 2.24) is 10.3 Å². The molecule has 0 bridgehead atoms. The molecule has 0 unspecified atom stereocenters. The number of pyridine rings is 1. The Labute approximate surface area is 123 Å². The molecule has 0 spiro atoms. The minimum absolute atomic E-state index is 0.168. The molecule has 1 fully saturated rings. The molecule has 1 saturated carbocycles. The van der Waals surface area contributed by atoms with Crippen molar-refractivity contribution in [3.8, 4) is 0 Å². The molecule has 1 amide bonds. The summed E-state index contributed by atoms with van der Waals surface area (Å²) in [5.74, 6) is 6.10. The molecule has 0 saturated heterocycles. The number of rotatable bonds is 8. The number of hydrogen-bond donors (Lipinski definition) is 3. The van der Waals surface area contributed by atoms with Gasteiger partial charge < -0.3 is 15.5 Å². The summed E-state index contributed by atoms with van der Waals surface area (Å²) < 4.78 is 5.49. The van der Waals surface area contributed by atoms with Crippen LogP contribution in [-0.2, 0) is 4.74 Å². The molecule has 1 aromatic heterocycles. The number of aromatic nitrogens is 1. The summed E-state index contributed by atoms with van der Waals surface area (Å²) in [6.07, 6.45) is 3.34. The highest BCUT2D eigenvalue weighted by atomic mass is 35.5. The molecule has 0 radical (unpaired) electrons. The van der Waals surface area contributed by atoms with Crippen LogP contribution in [0.4, 0.5) is 5.82 Å². The predicted octanol–water partition coefficient (Wildman–Crippen LogP) is 1.57. The lowest BCUT2D eigenvalue weighted by Gasteiger charge is -2.08. The van der Waals surface area contributed by atoms with Crippen molar-refractivity contribution in [2.75, 3.05) is 25.2 Å². The number of hydrazine groups is 1. The van der Waals surface area contributed by atoms with E-state index in [2.05, 4.69) is 15.7 Å². The highest BCUT2D eigenvalue weighted by Gasteiger charge is 2.20. The molecule has 1 aliphatic rings. The molecule has 1 aromatic rings. The van der Waals surface area contributed by atoms with Crippen LogP contribution in [0.1, 0.15) is 29.8 Å². The van der Waals surface area contributed by atoms with Gasteiger partial charge in [0.15, 0.2) is 0 Å². The van der Waals surface area contributed by atoms with E-state index >= 15 is 0 Å². The first-order valence-corrected chi connectivity index (χ1v) is 7.07. The zero-order valence-corrected chi connectivity index (χ0v) is 11.9. The first-order valence-electron chi connectivity index (χ1n) is 6.70. The third kappa shape index (κ3) is 4.63. The van der Waals surface area contributed by atoms with Gasteiger partial charge in [0.2, 0.25) is 0 Å². The number of nitrogens with two attached hydrogens (primary N) is 1. The second kappa shape index (κ2) is 7.42. The fourth-order valence-electron chi connectivity index (χ4n) is 1.68. The van der Waals surface area contributed by atoms with Crippen LogP contribution < -0.4 is 16.6 Å². The van der Waals surface area contributed by atoms with Crippen molar-refractivity contribution in [2.24, 2.45) is 11.8 Å². The Morgan fingerprint density at radius 1 is 1.50 bits per heavy atom. The quantitative estimate of drug-likeness (QED) is 0.385. The molecule has 20 heavy (non-hydrogen) atoms. The van der Waals surface area contributed by atoms with Gasteiger partial charge in [0.1, 0.15) is 11.5 Å². The van der Waals surface area contributed by atoms with Gasteiger partial charge in [0.25, 0.3) is 5.91 Å². The first kappa shape index (κ1) is 15.0. The van der Waals surface area contributed by atoms with Crippen LogP contribution in [0.15, 0.2) is 12.1 Å². The average Bonchev–Trinajstić information content (AvgIpc) is 3.27. The van der Waals surface area contributed by atoms with Crippen molar-refractivity contribution in [3.63, 3.8) is 0 Å². The third-order valence-electron chi connectivity index (χ3n) is 3.01. The molecule has 4 N–H and O–H groups in total. The molecule has 0 aliphatic heterocycles. The monoisotopic (exact) mass is 298 g/mol. The molecule has 110 valence electrons. The van der Waals surface area contributed by atoms with Gasteiger partial charge in [-0.15, -0.1) is 0 Å². The number of ether oxygens (including phenoxy) is 1. The van der Waals surface area contributed by atoms with Crippen LogP contribution in [0.25, 0.3) is 0 Å². The van der Waals surface area contributed by atoms with Gasteiger partial charge in [0.05, 0.1) is 5.02 Å². The van der Waals surface area contributed by atoms with Gasteiger partial charge in [-0.1, -0.05) is 11.6 Å². The number of carbonyl (C=O) groups is 1. The van der Waals surface area contributed by atoms with Crippen molar-refractivity contribution in [1.29, 1.82) is 0 Å². The summed E-state index contributed by atoms with van der Waals surface area (Å²) in [6, 6.07) is 3.18. The first-order chi connectivity index (χ1) is 9.70. The number of carbonyl (C=O) groups excluding carboxylic acids is 1. The van der Waals surface area contributed by atoms with Crippen molar-refractivity contribution < 1.29 is 9.53 Å². The lowest BCUT2D eigenvalue weighted by molar-refractivity contribution is 0.0933. The lowest BCUT2D eigenvalue weighted by atomic mass is 10.3. The Bertz CT molecular complexity index is 466. The minimum atomic E-state index is -0.311. The van der Waals surface area contributed by atoms with Gasteiger partial charge in [-0.05, 0) is 37.3 Å². The van der Waals surface area contributed by atoms with E-state index in [1.165, 1.54) is 12.8 Å². The molecular formula is C13H19ClN4O2. The molecule has 2 rings (SSSR count). The molecule has 1 heterocycles. The second-order valence-electron chi connectivity index (χ2n) is 4.80. The smallest absolute Gasteiger partial charge is 0.271 e. The van der Waals surface area contributed by atoms with Crippen molar-refractivity contribution >= 4 is 23.3 Å². The summed E-state index contributed by atoms with van der Waals surface area (Å²) in [5.41, 5.74) is 2.55. The maximum atomic E-state index is 11.9. The predicted molar refractivity (Wildman–Crippen MR) is 77.6 cm³/mol. The van der Waals surface area contributed by atoms with E-state index in [9.17, 15) is 4.79 Å². The van der Waals surface area contributed by atoms with Gasteiger partial charge in [0, 0.05) is 19.8 Å². The molecule has 6 nitrogen and oxygen atoms in total. The molecule has 1 aliphatic carbocycles. The van der Waals surface area contributed by atoms with Crippen LogP contribution >= 0.6 is 11.6 Å². The Morgan fingerprint density at radius 2 is 2.30 bits per heavy atom. The zero-order chi connectivity index (χ0) is 14.4. The normalized spacial score (nSPS) is 14.1. The Hall–Kier alpha value is -1.37. The van der Waals surface area contributed by atoms with Crippen molar-refractivity contribution in [3.05, 3.63) is 22.8 Å². The van der Waals surface area contributed by atoms with Crippen LogP contribution in [0.3, 0.4) is 0 Å². The maximum absolute atomic E-state index is 11.9. The molecular weight excluding hydrogens is 280 g/mol. The minimum Gasteiger partial charge on any atom is -0.381 e. The van der Waals surface area contributed by atoms with Gasteiger partial charge in [-0.3, -0.25) is 4.79 Å². The van der Waals surface area contributed by atoms with Gasteiger partial charge in [-0.2, -0.15) is 0 Å². The highest BCUT2D eigenvalue weighted by molar-refractivity contribution is 6.33. The number of hydrogen-bond acceptors (Lipinski definition) is 5. The van der Waals surface area contributed by atoms with Gasteiger partial charge in [-0.25, -0.2) is 10.8 Å². The van der Waals surface area contributed by atoms with E-state index in [1.54, 1.807) is 12.1 Å². The molecule has 0 atom stereocenters. The number of amides is 1. The zero-order valence-electron chi connectivity index (χ0n) is 11.2. The van der Waals surface area contributed by atoms with E-state index in [0.29, 0.717) is 24.0 Å². The van der Waals surface area contributed by atoms with E-state index in [1.807, 2.05) is 0 Å². The fourth-order valence-corrected chi connectivity index (χ4v) is 1.87. The Morgan fingerprint density at radius 3 is 3.00 bits per heavy atom. The summed E-state index contributed by atoms with van der Waals surface area (Å²) in [4.78, 5) is 15.9. The van der Waals surface area contributed by atoms with E-state index in [-0.39, 0.29) is 11.6 Å². The van der Waals surface area contributed by atoms with Crippen molar-refractivity contribution in [2.45, 2.75) is 19.3 Å².